The first kappa shape index (κ1) is 12.4. The van der Waals surface area contributed by atoms with Crippen molar-refractivity contribution >= 4 is 22.4 Å². The van der Waals surface area contributed by atoms with Crippen molar-refractivity contribution in [3.63, 3.8) is 0 Å². The van der Waals surface area contributed by atoms with E-state index < -0.39 is 0 Å². The molecule has 1 aromatic carbocycles. The molecule has 0 radical (unpaired) electrons. The van der Waals surface area contributed by atoms with Crippen LogP contribution in [0.2, 0.25) is 0 Å². The number of nitrogens with two attached hydrogens (primary N) is 1. The largest absolute Gasteiger partial charge is 0.326 e. The minimum absolute atomic E-state index is 0.140. The summed E-state index contributed by atoms with van der Waals surface area (Å²) < 4.78 is 2.25. The summed E-state index contributed by atoms with van der Waals surface area (Å²) >= 11 is 1.68. The normalized spacial score (nSPS) is 12.9. The highest BCUT2D eigenvalue weighted by Crippen LogP contribution is 2.26. The second-order valence-corrected chi connectivity index (χ2v) is 5.58. The minimum Gasteiger partial charge on any atom is -0.326 e. The van der Waals surface area contributed by atoms with E-state index in [4.69, 9.17) is 10.7 Å². The van der Waals surface area contributed by atoms with Crippen molar-refractivity contribution in [1.82, 2.24) is 9.55 Å². The highest BCUT2D eigenvalue weighted by molar-refractivity contribution is 7.10. The Morgan fingerprint density at radius 3 is 2.84 bits per heavy atom. The third kappa shape index (κ3) is 2.17. The summed E-state index contributed by atoms with van der Waals surface area (Å²) in [5.74, 6) is 0.963. The van der Waals surface area contributed by atoms with Gasteiger partial charge in [0.15, 0.2) is 0 Å². The van der Waals surface area contributed by atoms with Crippen LogP contribution in [0, 0.1) is 0 Å². The number of hydrogen-bond donors (Lipinski definition) is 1. The lowest BCUT2D eigenvalue weighted by atomic mass is 10.2. The van der Waals surface area contributed by atoms with Crippen molar-refractivity contribution in [3.05, 3.63) is 52.5 Å². The van der Waals surface area contributed by atoms with Gasteiger partial charge in [0.05, 0.1) is 17.1 Å². The molecule has 98 valence electrons. The van der Waals surface area contributed by atoms with Crippen LogP contribution in [0.1, 0.15) is 30.1 Å². The molecular weight excluding hydrogens is 254 g/mol. The van der Waals surface area contributed by atoms with Crippen LogP contribution in [0.3, 0.4) is 0 Å². The van der Waals surface area contributed by atoms with Gasteiger partial charge in [0.25, 0.3) is 0 Å². The maximum absolute atomic E-state index is 6.38. The van der Waals surface area contributed by atoms with E-state index >= 15 is 0 Å². The van der Waals surface area contributed by atoms with Crippen LogP contribution in [0.4, 0.5) is 0 Å². The molecule has 0 saturated heterocycles. The van der Waals surface area contributed by atoms with Crippen molar-refractivity contribution < 1.29 is 0 Å². The Labute approximate surface area is 116 Å². The molecular formula is C15H17N3S. The zero-order chi connectivity index (χ0) is 13.2. The van der Waals surface area contributed by atoms with E-state index in [0.29, 0.717) is 0 Å². The molecule has 1 unspecified atom stereocenters. The molecule has 2 heterocycles. The molecule has 3 nitrogen and oxygen atoms in total. The number of fused-ring (bicyclic) bond motifs is 1. The standard InChI is InChI=1S/C15H17N3S/c1-2-9-18-12-7-4-3-6-11(12)17-15(18)14(16)13-8-5-10-19-13/h3-8,10,14H,2,9,16H2,1H3. The van der Waals surface area contributed by atoms with E-state index in [-0.39, 0.29) is 6.04 Å². The van der Waals surface area contributed by atoms with Gasteiger partial charge in [0.1, 0.15) is 5.82 Å². The highest BCUT2D eigenvalue weighted by Gasteiger charge is 2.18. The summed E-state index contributed by atoms with van der Waals surface area (Å²) in [6.45, 7) is 3.13. The van der Waals surface area contributed by atoms with Crippen molar-refractivity contribution in [3.8, 4) is 0 Å². The van der Waals surface area contributed by atoms with Crippen LogP contribution in [0.5, 0.6) is 0 Å². The van der Waals surface area contributed by atoms with Gasteiger partial charge in [-0.2, -0.15) is 0 Å². The van der Waals surface area contributed by atoms with E-state index in [1.165, 1.54) is 5.52 Å². The number of benzene rings is 1. The number of rotatable bonds is 4. The van der Waals surface area contributed by atoms with Crippen LogP contribution in [0.15, 0.2) is 41.8 Å². The minimum atomic E-state index is -0.140. The Morgan fingerprint density at radius 2 is 2.11 bits per heavy atom. The molecule has 0 bridgehead atoms. The summed E-state index contributed by atoms with van der Waals surface area (Å²) in [5, 5.41) is 2.06. The SMILES string of the molecule is CCCn1c(C(N)c2cccs2)nc2ccccc21. The summed E-state index contributed by atoms with van der Waals surface area (Å²) in [7, 11) is 0. The average Bonchev–Trinajstić information content (AvgIpc) is 3.06. The third-order valence-electron chi connectivity index (χ3n) is 3.26. The first-order valence-corrected chi connectivity index (χ1v) is 7.43. The molecule has 0 fully saturated rings. The fraction of sp³-hybridized carbons (Fsp3) is 0.267. The number of para-hydroxylation sites is 2. The smallest absolute Gasteiger partial charge is 0.132 e. The lowest BCUT2D eigenvalue weighted by Crippen LogP contribution is -2.17. The summed E-state index contributed by atoms with van der Waals surface area (Å²) in [5.41, 5.74) is 8.58. The van der Waals surface area contributed by atoms with E-state index in [1.807, 2.05) is 18.2 Å². The predicted octanol–water partition coefficient (Wildman–Crippen LogP) is 3.56. The van der Waals surface area contributed by atoms with Crippen molar-refractivity contribution in [2.45, 2.75) is 25.9 Å². The summed E-state index contributed by atoms with van der Waals surface area (Å²) in [4.78, 5) is 5.89. The Morgan fingerprint density at radius 1 is 1.26 bits per heavy atom. The number of aryl methyl sites for hydroxylation is 1. The Balaban J connectivity index is 2.14. The molecule has 0 aliphatic heterocycles. The number of imidazole rings is 1. The van der Waals surface area contributed by atoms with Crippen molar-refractivity contribution in [1.29, 1.82) is 0 Å². The Kier molecular flexibility index (Phi) is 3.36. The van der Waals surface area contributed by atoms with Gasteiger partial charge in [0, 0.05) is 11.4 Å². The van der Waals surface area contributed by atoms with E-state index in [9.17, 15) is 0 Å². The van der Waals surface area contributed by atoms with Gasteiger partial charge < -0.3 is 10.3 Å². The van der Waals surface area contributed by atoms with Gasteiger partial charge in [-0.3, -0.25) is 0 Å². The van der Waals surface area contributed by atoms with Crippen molar-refractivity contribution in [2.75, 3.05) is 0 Å². The molecule has 0 aliphatic rings. The molecule has 19 heavy (non-hydrogen) atoms. The lowest BCUT2D eigenvalue weighted by Gasteiger charge is -2.12. The molecule has 0 aliphatic carbocycles. The molecule has 3 aromatic rings. The molecule has 0 spiro atoms. The van der Waals surface area contributed by atoms with Crippen LogP contribution in [0.25, 0.3) is 11.0 Å². The maximum Gasteiger partial charge on any atom is 0.132 e. The van der Waals surface area contributed by atoms with Crippen LogP contribution < -0.4 is 5.73 Å². The first-order valence-electron chi connectivity index (χ1n) is 6.55. The fourth-order valence-electron chi connectivity index (χ4n) is 2.39. The van der Waals surface area contributed by atoms with Gasteiger partial charge in [-0.25, -0.2) is 4.98 Å². The lowest BCUT2D eigenvalue weighted by molar-refractivity contribution is 0.630. The van der Waals surface area contributed by atoms with Gasteiger partial charge in [0.2, 0.25) is 0 Å². The number of aromatic nitrogens is 2. The molecule has 2 aromatic heterocycles. The second-order valence-electron chi connectivity index (χ2n) is 4.60. The topological polar surface area (TPSA) is 43.8 Å². The average molecular weight is 271 g/mol. The summed E-state index contributed by atoms with van der Waals surface area (Å²) in [6, 6.07) is 12.2. The van der Waals surface area contributed by atoms with Gasteiger partial charge >= 0.3 is 0 Å². The Hall–Kier alpha value is -1.65. The van der Waals surface area contributed by atoms with Crippen LogP contribution >= 0.6 is 11.3 Å². The van der Waals surface area contributed by atoms with Crippen LogP contribution in [-0.2, 0) is 6.54 Å². The zero-order valence-corrected chi connectivity index (χ0v) is 11.7. The quantitative estimate of drug-likeness (QED) is 0.788. The first-order chi connectivity index (χ1) is 9.31. The Bertz CT molecular complexity index is 670. The molecule has 3 rings (SSSR count). The van der Waals surface area contributed by atoms with E-state index in [2.05, 4.69) is 35.1 Å². The monoisotopic (exact) mass is 271 g/mol. The highest BCUT2D eigenvalue weighted by atomic mass is 32.1. The van der Waals surface area contributed by atoms with Crippen LogP contribution in [-0.4, -0.2) is 9.55 Å². The summed E-state index contributed by atoms with van der Waals surface area (Å²) in [6.07, 6.45) is 1.07. The van der Waals surface area contributed by atoms with Crippen molar-refractivity contribution in [2.24, 2.45) is 5.73 Å². The third-order valence-corrected chi connectivity index (χ3v) is 4.21. The second kappa shape index (κ2) is 5.15. The molecule has 2 N–H and O–H groups in total. The van der Waals surface area contributed by atoms with E-state index in [1.54, 1.807) is 11.3 Å². The predicted molar refractivity (Wildman–Crippen MR) is 80.4 cm³/mol. The maximum atomic E-state index is 6.38. The zero-order valence-electron chi connectivity index (χ0n) is 10.9. The van der Waals surface area contributed by atoms with Gasteiger partial charge in [-0.15, -0.1) is 11.3 Å². The fourth-order valence-corrected chi connectivity index (χ4v) is 3.11. The number of thiophene rings is 1. The molecule has 0 amide bonds. The van der Waals surface area contributed by atoms with Gasteiger partial charge in [-0.05, 0) is 30.0 Å². The van der Waals surface area contributed by atoms with Gasteiger partial charge in [-0.1, -0.05) is 25.1 Å². The number of nitrogens with zero attached hydrogens (tertiary/aromatic N) is 2. The molecule has 0 saturated carbocycles. The van der Waals surface area contributed by atoms with E-state index in [0.717, 1.165) is 29.2 Å². The number of hydrogen-bond acceptors (Lipinski definition) is 3. The molecule has 1 atom stereocenters. The molecule has 4 heteroatoms.